The van der Waals surface area contributed by atoms with Crippen LogP contribution in [0.1, 0.15) is 11.1 Å². The van der Waals surface area contributed by atoms with Gasteiger partial charge in [0.2, 0.25) is 0 Å². The van der Waals surface area contributed by atoms with Crippen LogP contribution in [0.3, 0.4) is 0 Å². The van der Waals surface area contributed by atoms with Crippen molar-refractivity contribution in [2.75, 3.05) is 5.43 Å². The van der Waals surface area contributed by atoms with Crippen molar-refractivity contribution >= 4 is 40.1 Å². The third kappa shape index (κ3) is 3.33. The lowest BCUT2D eigenvalue weighted by Crippen LogP contribution is -1.97. The van der Waals surface area contributed by atoms with E-state index >= 15 is 0 Å². The summed E-state index contributed by atoms with van der Waals surface area (Å²) in [5.41, 5.74) is 5.46. The number of rotatable bonds is 4. The number of fused-ring (bicyclic) bond motifs is 1. The fourth-order valence-electron chi connectivity index (χ4n) is 2.26. The van der Waals surface area contributed by atoms with E-state index in [2.05, 4.69) is 15.5 Å². The first-order chi connectivity index (χ1) is 11.5. The number of hydrazone groups is 1. The number of nitrogens with zero attached hydrogens (tertiary/aromatic N) is 3. The van der Waals surface area contributed by atoms with Crippen LogP contribution < -0.4 is 5.43 Å². The largest absolute Gasteiger partial charge is 0.294 e. The highest BCUT2D eigenvalue weighted by Gasteiger charge is 2.11. The van der Waals surface area contributed by atoms with Gasteiger partial charge in [-0.3, -0.25) is 15.5 Å². The van der Waals surface area contributed by atoms with Crippen LogP contribution in [0, 0.1) is 17.0 Å². The fourth-order valence-corrected chi connectivity index (χ4v) is 2.45. The van der Waals surface area contributed by atoms with Gasteiger partial charge < -0.3 is 0 Å². The van der Waals surface area contributed by atoms with Gasteiger partial charge in [-0.25, -0.2) is 4.98 Å². The Kier molecular flexibility index (Phi) is 4.39. The molecule has 120 valence electrons. The molecule has 24 heavy (non-hydrogen) atoms. The Bertz CT molecular complexity index is 956. The minimum Gasteiger partial charge on any atom is -0.272 e. The summed E-state index contributed by atoms with van der Waals surface area (Å²) in [6.45, 7) is 1.99. The van der Waals surface area contributed by atoms with E-state index < -0.39 is 4.92 Å². The van der Waals surface area contributed by atoms with Crippen LogP contribution in [-0.4, -0.2) is 16.1 Å². The van der Waals surface area contributed by atoms with E-state index in [0.717, 1.165) is 16.5 Å². The molecule has 3 aromatic rings. The van der Waals surface area contributed by atoms with Crippen LogP contribution >= 0.6 is 11.6 Å². The van der Waals surface area contributed by atoms with E-state index in [-0.39, 0.29) is 5.69 Å². The minimum absolute atomic E-state index is 0.0483. The molecule has 0 aliphatic rings. The van der Waals surface area contributed by atoms with Crippen molar-refractivity contribution in [2.45, 2.75) is 6.92 Å². The first kappa shape index (κ1) is 15.9. The highest BCUT2D eigenvalue weighted by molar-refractivity contribution is 6.32. The number of nitro groups is 1. The lowest BCUT2D eigenvalue weighted by Gasteiger charge is -2.04. The molecule has 0 amide bonds. The van der Waals surface area contributed by atoms with Crippen LogP contribution in [0.15, 0.2) is 53.6 Å². The van der Waals surface area contributed by atoms with Crippen molar-refractivity contribution in [1.29, 1.82) is 0 Å². The SMILES string of the molecule is Cc1ccc2cc(/C=N/Nc3ccccc3[N+](=O)[O-])c(Cl)nc2c1. The van der Waals surface area contributed by atoms with Crippen LogP contribution in [0.5, 0.6) is 0 Å². The van der Waals surface area contributed by atoms with Crippen molar-refractivity contribution in [3.8, 4) is 0 Å². The van der Waals surface area contributed by atoms with Gasteiger partial charge in [0.25, 0.3) is 5.69 Å². The zero-order valence-electron chi connectivity index (χ0n) is 12.7. The lowest BCUT2D eigenvalue weighted by atomic mass is 10.1. The number of benzene rings is 2. The van der Waals surface area contributed by atoms with Crippen molar-refractivity contribution < 1.29 is 4.92 Å². The van der Waals surface area contributed by atoms with E-state index in [1.54, 1.807) is 18.2 Å². The number of anilines is 1. The average molecular weight is 341 g/mol. The highest BCUT2D eigenvalue weighted by Crippen LogP contribution is 2.23. The average Bonchev–Trinajstić information content (AvgIpc) is 2.55. The zero-order valence-corrected chi connectivity index (χ0v) is 13.5. The van der Waals surface area contributed by atoms with Crippen LogP contribution in [0.4, 0.5) is 11.4 Å². The summed E-state index contributed by atoms with van der Waals surface area (Å²) in [4.78, 5) is 14.8. The summed E-state index contributed by atoms with van der Waals surface area (Å²) in [7, 11) is 0. The normalized spacial score (nSPS) is 11.1. The van der Waals surface area contributed by atoms with Gasteiger partial charge in [0.1, 0.15) is 10.8 Å². The Balaban J connectivity index is 1.87. The number of hydrogen-bond acceptors (Lipinski definition) is 5. The molecule has 0 saturated carbocycles. The van der Waals surface area contributed by atoms with E-state index in [1.165, 1.54) is 12.3 Å². The molecule has 1 heterocycles. The lowest BCUT2D eigenvalue weighted by molar-refractivity contribution is -0.384. The quantitative estimate of drug-likeness (QED) is 0.327. The summed E-state index contributed by atoms with van der Waals surface area (Å²) >= 11 is 6.18. The molecule has 0 aliphatic carbocycles. The molecule has 0 aliphatic heterocycles. The third-order valence-corrected chi connectivity index (χ3v) is 3.75. The minimum atomic E-state index is -0.468. The monoisotopic (exact) mass is 340 g/mol. The van der Waals surface area contributed by atoms with Crippen LogP contribution in [0.2, 0.25) is 5.15 Å². The Morgan fingerprint density at radius 3 is 2.83 bits per heavy atom. The molecule has 0 saturated heterocycles. The molecule has 3 rings (SSSR count). The molecular weight excluding hydrogens is 328 g/mol. The number of halogens is 1. The van der Waals surface area contributed by atoms with Crippen LogP contribution in [0.25, 0.3) is 10.9 Å². The Morgan fingerprint density at radius 1 is 1.25 bits per heavy atom. The maximum Gasteiger partial charge on any atom is 0.294 e. The summed E-state index contributed by atoms with van der Waals surface area (Å²) in [6.07, 6.45) is 1.49. The highest BCUT2D eigenvalue weighted by atomic mass is 35.5. The standard InChI is InChI=1S/C17H13ClN4O2/c1-11-6-7-12-9-13(17(18)20-15(12)8-11)10-19-21-14-4-2-3-5-16(14)22(23)24/h2-10,21H,1H3/b19-10+. The van der Waals surface area contributed by atoms with E-state index in [9.17, 15) is 10.1 Å². The number of para-hydroxylation sites is 2. The predicted octanol–water partition coefficient (Wildman–Crippen LogP) is 4.55. The Hall–Kier alpha value is -2.99. The first-order valence-corrected chi connectivity index (χ1v) is 7.52. The van der Waals surface area contributed by atoms with Gasteiger partial charge in [0.05, 0.1) is 16.7 Å². The van der Waals surface area contributed by atoms with Crippen molar-refractivity contribution in [3.05, 3.63) is 74.9 Å². The summed E-state index contributed by atoms with van der Waals surface area (Å²) in [5.74, 6) is 0. The number of nitrogens with one attached hydrogen (secondary N) is 1. The van der Waals surface area contributed by atoms with E-state index in [1.807, 2.05) is 31.2 Å². The fraction of sp³-hybridized carbons (Fsp3) is 0.0588. The maximum absolute atomic E-state index is 11.0. The van der Waals surface area contributed by atoms with Gasteiger partial charge in [-0.15, -0.1) is 0 Å². The molecule has 6 nitrogen and oxygen atoms in total. The van der Waals surface area contributed by atoms with Gasteiger partial charge in [-0.1, -0.05) is 35.9 Å². The number of pyridine rings is 1. The number of aryl methyl sites for hydroxylation is 1. The van der Waals surface area contributed by atoms with Crippen LogP contribution in [-0.2, 0) is 0 Å². The van der Waals surface area contributed by atoms with Gasteiger partial charge in [-0.2, -0.15) is 5.10 Å². The molecule has 0 spiro atoms. The summed E-state index contributed by atoms with van der Waals surface area (Å²) in [6, 6.07) is 14.0. The molecule has 7 heteroatoms. The van der Waals surface area contributed by atoms with Gasteiger partial charge in [-0.05, 0) is 30.7 Å². The van der Waals surface area contributed by atoms with Crippen molar-refractivity contribution in [3.63, 3.8) is 0 Å². The topological polar surface area (TPSA) is 80.4 Å². The molecular formula is C17H13ClN4O2. The van der Waals surface area contributed by atoms with E-state index in [0.29, 0.717) is 16.4 Å². The smallest absolute Gasteiger partial charge is 0.272 e. The second kappa shape index (κ2) is 6.64. The summed E-state index contributed by atoms with van der Waals surface area (Å²) in [5, 5.41) is 16.3. The van der Waals surface area contributed by atoms with Crippen molar-refractivity contribution in [2.24, 2.45) is 5.10 Å². The molecule has 2 aromatic carbocycles. The van der Waals surface area contributed by atoms with Gasteiger partial charge >= 0.3 is 0 Å². The zero-order chi connectivity index (χ0) is 17.1. The van der Waals surface area contributed by atoms with Gasteiger partial charge in [0, 0.05) is 17.0 Å². The number of nitro benzene ring substituents is 1. The second-order valence-corrected chi connectivity index (χ2v) is 5.57. The molecule has 1 N–H and O–H groups in total. The molecule has 1 aromatic heterocycles. The molecule has 0 bridgehead atoms. The predicted molar refractivity (Wildman–Crippen MR) is 95.8 cm³/mol. The summed E-state index contributed by atoms with van der Waals surface area (Å²) < 4.78 is 0. The van der Waals surface area contributed by atoms with E-state index in [4.69, 9.17) is 11.6 Å². The number of aromatic nitrogens is 1. The maximum atomic E-state index is 11.0. The number of hydrogen-bond donors (Lipinski definition) is 1. The Labute approximate surface area is 142 Å². The molecule has 0 atom stereocenters. The molecule has 0 radical (unpaired) electrons. The molecule has 0 fully saturated rings. The molecule has 0 unspecified atom stereocenters. The van der Waals surface area contributed by atoms with Crippen molar-refractivity contribution in [1.82, 2.24) is 4.98 Å². The first-order valence-electron chi connectivity index (χ1n) is 7.14. The third-order valence-electron chi connectivity index (χ3n) is 3.44. The Morgan fingerprint density at radius 2 is 2.04 bits per heavy atom. The second-order valence-electron chi connectivity index (χ2n) is 5.21. The van der Waals surface area contributed by atoms with Gasteiger partial charge in [0.15, 0.2) is 0 Å².